The van der Waals surface area contributed by atoms with Gasteiger partial charge in [-0.25, -0.2) is 0 Å². The molecule has 0 saturated carbocycles. The summed E-state index contributed by atoms with van der Waals surface area (Å²) >= 11 is 0. The molecule has 4 N–H and O–H groups in total. The van der Waals surface area contributed by atoms with Crippen LogP contribution in [-0.4, -0.2) is 44.4 Å². The largest absolute Gasteiger partial charge is 2.00 e. The van der Waals surface area contributed by atoms with Gasteiger partial charge >= 0.3 is 40.6 Å². The van der Waals surface area contributed by atoms with Gasteiger partial charge in [0.15, 0.2) is 0 Å². The second-order valence-corrected chi connectivity index (χ2v) is 8.10. The molecule has 224 valence electrons. The first-order valence-electron chi connectivity index (χ1n) is 11.7. The molecule has 43 heavy (non-hydrogen) atoms. The summed E-state index contributed by atoms with van der Waals surface area (Å²) in [5.41, 5.74) is 0.593. The summed E-state index contributed by atoms with van der Waals surface area (Å²) in [7, 11) is 0. The monoisotopic (exact) mass is 646 g/mol. The van der Waals surface area contributed by atoms with E-state index in [0.717, 1.165) is 24.3 Å². The fourth-order valence-electron chi connectivity index (χ4n) is 2.96. The first-order valence-corrected chi connectivity index (χ1v) is 11.7. The third-order valence-electron chi connectivity index (χ3n) is 5.11. The Morgan fingerprint density at radius 2 is 0.837 bits per heavy atom. The maximum absolute atomic E-state index is 12.4. The van der Waals surface area contributed by atoms with Crippen LogP contribution >= 0.6 is 0 Å². The van der Waals surface area contributed by atoms with Gasteiger partial charge in [0.2, 0.25) is 0 Å². The molecule has 0 bridgehead atoms. The molecule has 0 fully saturated rings. The van der Waals surface area contributed by atoms with Crippen LogP contribution in [0.5, 0.6) is 0 Å². The van der Waals surface area contributed by atoms with Gasteiger partial charge in [-0.1, -0.05) is 34.5 Å². The van der Waals surface area contributed by atoms with Crippen LogP contribution in [0.2, 0.25) is 0 Å². The first kappa shape index (κ1) is 34.3. The molecular formula is C28H22F6N6NiO2+4. The van der Waals surface area contributed by atoms with Crippen LogP contribution in [0.25, 0.3) is 0 Å². The van der Waals surface area contributed by atoms with E-state index in [1.165, 1.54) is 61.5 Å². The maximum atomic E-state index is 12.4. The molecule has 0 aliphatic heterocycles. The Morgan fingerprint density at radius 3 is 1.12 bits per heavy atom. The van der Waals surface area contributed by atoms with Crippen molar-refractivity contribution in [3.05, 3.63) is 131 Å². The second-order valence-electron chi connectivity index (χ2n) is 8.10. The number of halogens is 6. The number of hydrogen-bond acceptors (Lipinski definition) is 6. The number of aromatic nitrogens is 2. The van der Waals surface area contributed by atoms with Gasteiger partial charge in [-0.15, -0.1) is 0 Å². The number of hydrogen-bond donors (Lipinski definition) is 0. The van der Waals surface area contributed by atoms with E-state index < -0.39 is 23.5 Å². The Hall–Kier alpha value is -4.91. The zero-order valence-corrected chi connectivity index (χ0v) is 22.6. The van der Waals surface area contributed by atoms with Crippen LogP contribution in [0, 0.1) is 0 Å². The summed E-state index contributed by atoms with van der Waals surface area (Å²) in [6, 6.07) is 15.5. The van der Waals surface area contributed by atoms with E-state index in [0.29, 0.717) is 22.3 Å². The third kappa shape index (κ3) is 11.5. The van der Waals surface area contributed by atoms with Crippen molar-refractivity contribution >= 4 is 24.2 Å². The Bertz CT molecular complexity index is 1420. The first-order chi connectivity index (χ1) is 19.9. The minimum atomic E-state index is -4.36. The molecule has 4 rings (SSSR count). The van der Waals surface area contributed by atoms with Crippen molar-refractivity contribution in [2.24, 2.45) is 20.4 Å². The number of alkyl halides is 6. The topological polar surface area (TPSA) is 121 Å². The summed E-state index contributed by atoms with van der Waals surface area (Å²) in [6.45, 7) is 0. The van der Waals surface area contributed by atoms with E-state index in [2.05, 4.69) is 30.4 Å². The molecule has 0 radical (unpaired) electrons. The van der Waals surface area contributed by atoms with E-state index in [-0.39, 0.29) is 28.3 Å². The van der Waals surface area contributed by atoms with Crippen molar-refractivity contribution in [1.29, 1.82) is 0 Å². The van der Waals surface area contributed by atoms with Crippen LogP contribution in [0.4, 0.5) is 26.3 Å². The van der Waals surface area contributed by atoms with E-state index in [9.17, 15) is 26.3 Å². The van der Waals surface area contributed by atoms with Crippen molar-refractivity contribution in [2.75, 3.05) is 0 Å². The van der Waals surface area contributed by atoms with E-state index >= 15 is 0 Å². The molecule has 4 aromatic rings. The van der Waals surface area contributed by atoms with Crippen LogP contribution in [0.1, 0.15) is 33.4 Å². The van der Waals surface area contributed by atoms with Crippen LogP contribution in [-0.2, 0) is 28.8 Å². The van der Waals surface area contributed by atoms with Crippen LogP contribution < -0.4 is 0 Å². The van der Waals surface area contributed by atoms with E-state index in [1.54, 1.807) is 24.3 Å². The molecule has 2 aromatic carbocycles. The maximum Gasteiger partial charge on any atom is 2.00 e. The predicted molar refractivity (Wildman–Crippen MR) is 147 cm³/mol. The van der Waals surface area contributed by atoms with Gasteiger partial charge in [-0.2, -0.15) is 36.5 Å². The van der Waals surface area contributed by atoms with Gasteiger partial charge in [0.1, 0.15) is 0 Å². The van der Waals surface area contributed by atoms with Crippen LogP contribution in [0.3, 0.4) is 0 Å². The molecule has 8 nitrogen and oxygen atoms in total. The van der Waals surface area contributed by atoms with Gasteiger partial charge in [0, 0.05) is 24.8 Å². The molecule has 15 heteroatoms. The smallest absolute Gasteiger partial charge is 0.577 e. The zero-order valence-electron chi connectivity index (χ0n) is 21.7. The number of rotatable bonds is 6. The molecule has 0 unspecified atom stereocenters. The standard InChI is InChI=1S/2C14H10F3N3O.Ni/c2*15-14(16,17)12-3-1-10(2-4-12)9-19-20-13(21)11-5-7-18-8-6-11;/h2*1-9H,(H,20,21);/q;;+2/p+2. The van der Waals surface area contributed by atoms with Gasteiger partial charge in [-0.3, -0.25) is 9.97 Å². The predicted octanol–water partition coefficient (Wildman–Crippen LogP) is 5.21. The van der Waals surface area contributed by atoms with Gasteiger partial charge in [0.05, 0.1) is 34.7 Å². The fourth-order valence-corrected chi connectivity index (χ4v) is 2.96. The average Bonchev–Trinajstić information content (AvgIpc) is 2.98. The molecule has 0 amide bonds. The summed E-state index contributed by atoms with van der Waals surface area (Å²) in [4.78, 5) is 7.63. The Kier molecular flexibility index (Phi) is 12.7. The van der Waals surface area contributed by atoms with E-state index in [1.807, 2.05) is 0 Å². The summed E-state index contributed by atoms with van der Waals surface area (Å²) in [6.07, 6.45) is -0.0331. The van der Waals surface area contributed by atoms with Crippen molar-refractivity contribution in [2.45, 2.75) is 12.4 Å². The van der Waals surface area contributed by atoms with E-state index in [4.69, 9.17) is 10.2 Å². The Labute approximate surface area is 250 Å². The molecule has 0 atom stereocenters. The van der Waals surface area contributed by atoms with Crippen molar-refractivity contribution in [1.82, 2.24) is 9.97 Å². The molecule has 0 aliphatic rings. The molecule has 2 aromatic heterocycles. The minimum Gasteiger partial charge on any atom is -0.577 e. The zero-order chi connectivity index (χ0) is 30.6. The van der Waals surface area contributed by atoms with Crippen molar-refractivity contribution in [3.8, 4) is 0 Å². The molecule has 0 aliphatic carbocycles. The average molecular weight is 647 g/mol. The third-order valence-corrected chi connectivity index (χ3v) is 5.11. The van der Waals surface area contributed by atoms with Crippen molar-refractivity contribution < 1.29 is 53.0 Å². The minimum absolute atomic E-state index is 0. The number of nitrogens with zero attached hydrogens (tertiary/aromatic N) is 6. The van der Waals surface area contributed by atoms with Gasteiger partial charge in [0.25, 0.3) is 0 Å². The van der Waals surface area contributed by atoms with Crippen molar-refractivity contribution in [3.63, 3.8) is 0 Å². The molecule has 2 heterocycles. The summed E-state index contributed by atoms with van der Waals surface area (Å²) in [5.74, 6) is -0.110. The quantitative estimate of drug-likeness (QED) is 0.0714. The number of benzene rings is 2. The van der Waals surface area contributed by atoms with Gasteiger partial charge < -0.3 is 10.2 Å². The normalized spacial score (nSPS) is 12.5. The molecule has 0 saturated heterocycles. The molecule has 0 spiro atoms. The summed E-state index contributed by atoms with van der Waals surface area (Å²) in [5, 5.41) is 30.0. The SMILES string of the molecule is [Ni+2].[OH2+]C(=NN=Cc1ccc(C(F)(F)F)cc1)c1ccncc1.[OH2+]C(=NN=Cc1ccc(C(F)(F)F)cc1)c1ccncc1. The molecular weight excluding hydrogens is 625 g/mol. The number of pyridine rings is 2. The Morgan fingerprint density at radius 1 is 0.535 bits per heavy atom. The Balaban J connectivity index is 0.000000293. The fraction of sp³-hybridized carbons (Fsp3) is 0.0714. The van der Waals surface area contributed by atoms with Gasteiger partial charge in [-0.05, 0) is 59.7 Å². The second kappa shape index (κ2) is 15.9. The summed E-state index contributed by atoms with van der Waals surface area (Å²) < 4.78 is 74.3. The van der Waals surface area contributed by atoms with Crippen LogP contribution in [0.15, 0.2) is 118 Å².